The number of sulfonamides is 1. The van der Waals surface area contributed by atoms with Crippen LogP contribution in [0.3, 0.4) is 0 Å². The van der Waals surface area contributed by atoms with Crippen molar-refractivity contribution in [3.8, 4) is 0 Å². The molecule has 1 fully saturated rings. The lowest BCUT2D eigenvalue weighted by molar-refractivity contribution is -0.132. The number of hydrogen-bond donors (Lipinski definition) is 0. The summed E-state index contributed by atoms with van der Waals surface area (Å²) in [6, 6.07) is 5.83. The maximum absolute atomic E-state index is 13.0. The second kappa shape index (κ2) is 8.21. The Labute approximate surface area is 149 Å². The number of nitrogens with zero attached hydrogens (tertiary/aromatic N) is 2. The van der Waals surface area contributed by atoms with Crippen LogP contribution in [0.25, 0.3) is 0 Å². The molecular weight excluding hydrogens is 348 g/mol. The molecule has 1 unspecified atom stereocenters. The molecule has 1 aliphatic heterocycles. The average Bonchev–Trinajstić information content (AvgIpc) is 2.81. The standard InChI is InChI=1S/C17H25ClN2O3S/c1-3-16(17(21)19-12-6-4-5-7-13-19)20(24(2,22)23)15-10-8-14(18)9-11-15/h8-11,16H,3-7,12-13H2,1-2H3. The smallest absolute Gasteiger partial charge is 0.246 e. The van der Waals surface area contributed by atoms with Gasteiger partial charge in [-0.1, -0.05) is 31.4 Å². The molecule has 1 aliphatic rings. The number of carbonyl (C=O) groups excluding carboxylic acids is 1. The number of likely N-dealkylation sites (tertiary alicyclic amines) is 1. The zero-order valence-corrected chi connectivity index (χ0v) is 15.8. The molecular formula is C17H25ClN2O3S. The predicted molar refractivity (Wildman–Crippen MR) is 97.9 cm³/mol. The molecule has 0 aromatic heterocycles. The summed E-state index contributed by atoms with van der Waals surface area (Å²) in [4.78, 5) is 14.8. The maximum atomic E-state index is 13.0. The Morgan fingerprint density at radius 2 is 1.71 bits per heavy atom. The van der Waals surface area contributed by atoms with Crippen LogP contribution in [-0.4, -0.2) is 44.6 Å². The Kier molecular flexibility index (Phi) is 6.52. The van der Waals surface area contributed by atoms with Crippen molar-refractivity contribution in [1.29, 1.82) is 0 Å². The molecule has 24 heavy (non-hydrogen) atoms. The zero-order chi connectivity index (χ0) is 17.7. The molecule has 1 aromatic carbocycles. The lowest BCUT2D eigenvalue weighted by Crippen LogP contribution is -2.51. The van der Waals surface area contributed by atoms with Crippen LogP contribution in [0.2, 0.25) is 5.02 Å². The molecule has 1 amide bonds. The third-order valence-electron chi connectivity index (χ3n) is 4.31. The van der Waals surface area contributed by atoms with Gasteiger partial charge in [0.25, 0.3) is 0 Å². The average molecular weight is 373 g/mol. The van der Waals surface area contributed by atoms with Gasteiger partial charge < -0.3 is 4.90 Å². The Bertz CT molecular complexity index is 653. The molecule has 1 heterocycles. The van der Waals surface area contributed by atoms with E-state index in [1.54, 1.807) is 24.3 Å². The Balaban J connectivity index is 2.34. The minimum Gasteiger partial charge on any atom is -0.341 e. The zero-order valence-electron chi connectivity index (χ0n) is 14.2. The van der Waals surface area contributed by atoms with E-state index in [-0.39, 0.29) is 5.91 Å². The number of amides is 1. The number of anilines is 1. The number of carbonyl (C=O) groups is 1. The van der Waals surface area contributed by atoms with Crippen LogP contribution in [0.4, 0.5) is 5.69 Å². The summed E-state index contributed by atoms with van der Waals surface area (Å²) in [5.41, 5.74) is 0.469. The van der Waals surface area contributed by atoms with Gasteiger partial charge in [-0.05, 0) is 43.5 Å². The molecule has 0 radical (unpaired) electrons. The highest BCUT2D eigenvalue weighted by molar-refractivity contribution is 7.92. The fourth-order valence-corrected chi connectivity index (χ4v) is 4.47. The molecule has 7 heteroatoms. The summed E-state index contributed by atoms with van der Waals surface area (Å²) in [5, 5.41) is 0.527. The molecule has 0 N–H and O–H groups in total. The van der Waals surface area contributed by atoms with Crippen LogP contribution < -0.4 is 4.31 Å². The van der Waals surface area contributed by atoms with Gasteiger partial charge in [-0.3, -0.25) is 9.10 Å². The van der Waals surface area contributed by atoms with Crippen molar-refractivity contribution in [3.05, 3.63) is 29.3 Å². The molecule has 134 valence electrons. The van der Waals surface area contributed by atoms with Gasteiger partial charge in [-0.25, -0.2) is 8.42 Å². The summed E-state index contributed by atoms with van der Waals surface area (Å²) in [5.74, 6) is -0.111. The molecule has 1 atom stereocenters. The Hall–Kier alpha value is -1.27. The third-order valence-corrected chi connectivity index (χ3v) is 5.74. The number of benzene rings is 1. The van der Waals surface area contributed by atoms with Gasteiger partial charge in [0.15, 0.2) is 0 Å². The van der Waals surface area contributed by atoms with Gasteiger partial charge in [0.05, 0.1) is 11.9 Å². The third kappa shape index (κ3) is 4.63. The molecule has 5 nitrogen and oxygen atoms in total. The fourth-order valence-electron chi connectivity index (χ4n) is 3.13. The Morgan fingerprint density at radius 3 is 2.17 bits per heavy atom. The maximum Gasteiger partial charge on any atom is 0.246 e. The van der Waals surface area contributed by atoms with Gasteiger partial charge in [0.2, 0.25) is 15.9 Å². The lowest BCUT2D eigenvalue weighted by Gasteiger charge is -2.33. The molecule has 1 aromatic rings. The summed E-state index contributed by atoms with van der Waals surface area (Å²) in [7, 11) is -3.59. The molecule has 0 aliphatic carbocycles. The van der Waals surface area contributed by atoms with E-state index in [0.717, 1.165) is 31.9 Å². The van der Waals surface area contributed by atoms with E-state index in [9.17, 15) is 13.2 Å². The Morgan fingerprint density at radius 1 is 1.17 bits per heavy atom. The lowest BCUT2D eigenvalue weighted by atomic mass is 10.1. The van der Waals surface area contributed by atoms with Crippen LogP contribution in [-0.2, 0) is 14.8 Å². The van der Waals surface area contributed by atoms with E-state index in [2.05, 4.69) is 0 Å². The van der Waals surface area contributed by atoms with Crippen molar-refractivity contribution in [3.63, 3.8) is 0 Å². The van der Waals surface area contributed by atoms with Crippen LogP contribution >= 0.6 is 11.6 Å². The van der Waals surface area contributed by atoms with E-state index in [1.807, 2.05) is 11.8 Å². The van der Waals surface area contributed by atoms with E-state index < -0.39 is 16.1 Å². The number of rotatable bonds is 5. The summed E-state index contributed by atoms with van der Waals surface area (Å²) >= 11 is 5.90. The van der Waals surface area contributed by atoms with Gasteiger partial charge >= 0.3 is 0 Å². The first-order valence-electron chi connectivity index (χ1n) is 8.38. The van der Waals surface area contributed by atoms with E-state index in [0.29, 0.717) is 30.2 Å². The van der Waals surface area contributed by atoms with Crippen LogP contribution in [0.5, 0.6) is 0 Å². The first-order valence-corrected chi connectivity index (χ1v) is 10.6. The topological polar surface area (TPSA) is 57.7 Å². The van der Waals surface area contributed by atoms with Gasteiger partial charge in [-0.15, -0.1) is 0 Å². The van der Waals surface area contributed by atoms with Crippen LogP contribution in [0.15, 0.2) is 24.3 Å². The summed E-state index contributed by atoms with van der Waals surface area (Å²) in [6.45, 7) is 3.25. The van der Waals surface area contributed by atoms with Crippen molar-refractivity contribution in [2.45, 2.75) is 45.1 Å². The molecule has 0 saturated carbocycles. The highest BCUT2D eigenvalue weighted by Gasteiger charge is 2.34. The fraction of sp³-hybridized carbons (Fsp3) is 0.588. The second-order valence-corrected chi connectivity index (χ2v) is 8.49. The second-order valence-electron chi connectivity index (χ2n) is 6.20. The van der Waals surface area contributed by atoms with Crippen LogP contribution in [0.1, 0.15) is 39.0 Å². The molecule has 0 bridgehead atoms. The van der Waals surface area contributed by atoms with Crippen LogP contribution in [0, 0.1) is 0 Å². The highest BCUT2D eigenvalue weighted by Crippen LogP contribution is 2.25. The molecule has 0 spiro atoms. The molecule has 2 rings (SSSR count). The van der Waals surface area contributed by atoms with Crippen molar-refractivity contribution in [1.82, 2.24) is 4.90 Å². The van der Waals surface area contributed by atoms with Crippen molar-refractivity contribution in [2.24, 2.45) is 0 Å². The van der Waals surface area contributed by atoms with Crippen molar-refractivity contribution >= 4 is 33.2 Å². The van der Waals surface area contributed by atoms with E-state index in [1.165, 1.54) is 4.31 Å². The largest absolute Gasteiger partial charge is 0.341 e. The minimum atomic E-state index is -3.59. The SMILES string of the molecule is CCC(C(=O)N1CCCCCC1)N(c1ccc(Cl)cc1)S(C)(=O)=O. The number of hydrogen-bond acceptors (Lipinski definition) is 3. The highest BCUT2D eigenvalue weighted by atomic mass is 35.5. The predicted octanol–water partition coefficient (Wildman–Crippen LogP) is 3.29. The van der Waals surface area contributed by atoms with E-state index in [4.69, 9.17) is 11.6 Å². The normalized spacial score (nSPS) is 17.2. The van der Waals surface area contributed by atoms with E-state index >= 15 is 0 Å². The first-order chi connectivity index (χ1) is 11.3. The first kappa shape index (κ1) is 19.1. The van der Waals surface area contributed by atoms with Gasteiger partial charge in [-0.2, -0.15) is 0 Å². The number of halogens is 1. The van der Waals surface area contributed by atoms with Crippen molar-refractivity contribution in [2.75, 3.05) is 23.7 Å². The minimum absolute atomic E-state index is 0.111. The van der Waals surface area contributed by atoms with Gasteiger partial charge in [0, 0.05) is 18.1 Å². The molecule has 1 saturated heterocycles. The monoisotopic (exact) mass is 372 g/mol. The summed E-state index contributed by atoms with van der Waals surface area (Å²) in [6.07, 6.45) is 5.75. The quantitative estimate of drug-likeness (QED) is 0.796. The summed E-state index contributed by atoms with van der Waals surface area (Å²) < 4.78 is 26.0. The van der Waals surface area contributed by atoms with Gasteiger partial charge in [0.1, 0.15) is 6.04 Å². The van der Waals surface area contributed by atoms with Crippen molar-refractivity contribution < 1.29 is 13.2 Å².